The molecular weight excluding hydrogens is 338 g/mol. The zero-order valence-electron chi connectivity index (χ0n) is 15.8. The maximum atomic E-state index is 12.7. The highest BCUT2D eigenvalue weighted by atomic mass is 16.2. The molecule has 1 saturated heterocycles. The molecule has 2 aromatic rings. The summed E-state index contributed by atoms with van der Waals surface area (Å²) < 4.78 is 0. The van der Waals surface area contributed by atoms with Crippen molar-refractivity contribution in [3.63, 3.8) is 0 Å². The monoisotopic (exact) mass is 365 g/mol. The van der Waals surface area contributed by atoms with Crippen LogP contribution in [0, 0.1) is 0 Å². The lowest BCUT2D eigenvalue weighted by atomic mass is 9.99. The van der Waals surface area contributed by atoms with Crippen LogP contribution in [0.3, 0.4) is 0 Å². The van der Waals surface area contributed by atoms with Crippen molar-refractivity contribution in [3.8, 4) is 0 Å². The molecule has 142 valence electrons. The first-order valence-electron chi connectivity index (χ1n) is 9.46. The molecule has 0 aromatic heterocycles. The Morgan fingerprint density at radius 1 is 1.04 bits per heavy atom. The average molecular weight is 365 g/mol. The number of amides is 2. The molecule has 2 aromatic carbocycles. The number of nitrogens with one attached hydrogen (secondary N) is 1. The van der Waals surface area contributed by atoms with Crippen molar-refractivity contribution in [3.05, 3.63) is 71.8 Å². The first-order valence-corrected chi connectivity index (χ1v) is 9.46. The van der Waals surface area contributed by atoms with Crippen LogP contribution >= 0.6 is 0 Å². The number of carbonyl (C=O) groups excluding carboxylic acids is 2. The molecule has 1 heterocycles. The van der Waals surface area contributed by atoms with Crippen molar-refractivity contribution in [1.82, 2.24) is 15.1 Å². The molecule has 0 bridgehead atoms. The molecular formula is C22H27N3O2. The van der Waals surface area contributed by atoms with E-state index in [9.17, 15) is 9.59 Å². The Morgan fingerprint density at radius 2 is 1.70 bits per heavy atom. The van der Waals surface area contributed by atoms with Gasteiger partial charge in [-0.2, -0.15) is 0 Å². The Bertz CT molecular complexity index is 749. The number of nitrogens with zero attached hydrogens (tertiary/aromatic N) is 2. The quantitative estimate of drug-likeness (QED) is 0.854. The predicted octanol–water partition coefficient (Wildman–Crippen LogP) is 2.25. The minimum Gasteiger partial charge on any atom is -0.348 e. The van der Waals surface area contributed by atoms with E-state index in [1.54, 1.807) is 4.90 Å². The largest absolute Gasteiger partial charge is 0.348 e. The van der Waals surface area contributed by atoms with E-state index in [0.29, 0.717) is 6.54 Å². The first kappa shape index (κ1) is 19.1. The maximum Gasteiger partial charge on any atom is 0.236 e. The summed E-state index contributed by atoms with van der Waals surface area (Å²) in [5.41, 5.74) is 2.26. The predicted molar refractivity (Wildman–Crippen MR) is 106 cm³/mol. The molecule has 5 heteroatoms. The van der Waals surface area contributed by atoms with Gasteiger partial charge >= 0.3 is 0 Å². The van der Waals surface area contributed by atoms with E-state index in [-0.39, 0.29) is 24.4 Å². The minimum absolute atomic E-state index is 0.0443. The molecule has 0 aliphatic carbocycles. The molecule has 0 spiro atoms. The van der Waals surface area contributed by atoms with Gasteiger partial charge < -0.3 is 10.2 Å². The Kier molecular flexibility index (Phi) is 6.60. The van der Waals surface area contributed by atoms with E-state index in [1.165, 1.54) is 5.56 Å². The molecule has 0 radical (unpaired) electrons. The topological polar surface area (TPSA) is 52.6 Å². The van der Waals surface area contributed by atoms with Gasteiger partial charge in [0, 0.05) is 20.1 Å². The van der Waals surface area contributed by atoms with Crippen molar-refractivity contribution in [1.29, 1.82) is 0 Å². The summed E-state index contributed by atoms with van der Waals surface area (Å²) in [5.74, 6) is 0.0290. The van der Waals surface area contributed by atoms with Crippen molar-refractivity contribution < 1.29 is 9.59 Å². The Balaban J connectivity index is 1.66. The highest BCUT2D eigenvalue weighted by Crippen LogP contribution is 2.18. The van der Waals surface area contributed by atoms with Gasteiger partial charge in [0.25, 0.3) is 0 Å². The zero-order chi connectivity index (χ0) is 19.1. The van der Waals surface area contributed by atoms with E-state index in [0.717, 1.165) is 31.5 Å². The van der Waals surface area contributed by atoms with E-state index in [4.69, 9.17) is 0 Å². The summed E-state index contributed by atoms with van der Waals surface area (Å²) in [5, 5.41) is 3.17. The van der Waals surface area contributed by atoms with E-state index < -0.39 is 0 Å². The Hall–Kier alpha value is -2.66. The number of hydrogen-bond acceptors (Lipinski definition) is 3. The van der Waals surface area contributed by atoms with Crippen LogP contribution in [0.1, 0.15) is 23.6 Å². The smallest absolute Gasteiger partial charge is 0.236 e. The fourth-order valence-electron chi connectivity index (χ4n) is 3.41. The van der Waals surface area contributed by atoms with Crippen LogP contribution in [0.2, 0.25) is 0 Å². The minimum atomic E-state index is -0.0912. The van der Waals surface area contributed by atoms with E-state index >= 15 is 0 Å². The molecule has 1 N–H and O–H groups in total. The summed E-state index contributed by atoms with van der Waals surface area (Å²) in [4.78, 5) is 28.4. The number of hydrogen-bond donors (Lipinski definition) is 1. The van der Waals surface area contributed by atoms with Crippen LogP contribution in [0.25, 0.3) is 0 Å². The van der Waals surface area contributed by atoms with Gasteiger partial charge in [-0.1, -0.05) is 60.7 Å². The third-order valence-electron chi connectivity index (χ3n) is 4.94. The second-order valence-corrected chi connectivity index (χ2v) is 7.10. The molecule has 3 rings (SSSR count). The Labute approximate surface area is 161 Å². The van der Waals surface area contributed by atoms with Crippen molar-refractivity contribution >= 4 is 11.8 Å². The zero-order valence-corrected chi connectivity index (χ0v) is 15.8. The second-order valence-electron chi connectivity index (χ2n) is 7.10. The maximum absolute atomic E-state index is 12.7. The van der Waals surface area contributed by atoms with E-state index in [2.05, 4.69) is 17.4 Å². The van der Waals surface area contributed by atoms with E-state index in [1.807, 2.05) is 60.5 Å². The molecule has 0 saturated carbocycles. The number of likely N-dealkylation sites (N-methyl/N-ethyl adjacent to an activating group) is 1. The third-order valence-corrected chi connectivity index (χ3v) is 4.94. The highest BCUT2D eigenvalue weighted by molar-refractivity contribution is 5.81. The molecule has 1 fully saturated rings. The van der Waals surface area contributed by atoms with Crippen molar-refractivity contribution in [2.45, 2.75) is 18.9 Å². The first-order chi connectivity index (χ1) is 13.1. The Morgan fingerprint density at radius 3 is 2.41 bits per heavy atom. The highest BCUT2D eigenvalue weighted by Gasteiger charge is 2.22. The van der Waals surface area contributed by atoms with Crippen LogP contribution in [0.15, 0.2) is 60.7 Å². The number of carbonyl (C=O) groups is 2. The van der Waals surface area contributed by atoms with Crippen LogP contribution < -0.4 is 5.32 Å². The average Bonchev–Trinajstić information content (AvgIpc) is 2.83. The second kappa shape index (κ2) is 9.33. The SMILES string of the molecule is CN1CCCN(CC(=O)NC(Cc2ccccc2)c2ccccc2)CC1=O. The van der Waals surface area contributed by atoms with Crippen LogP contribution in [-0.4, -0.2) is 54.8 Å². The summed E-state index contributed by atoms with van der Waals surface area (Å²) >= 11 is 0. The van der Waals surface area contributed by atoms with Crippen molar-refractivity contribution in [2.24, 2.45) is 0 Å². The molecule has 5 nitrogen and oxygen atoms in total. The summed E-state index contributed by atoms with van der Waals surface area (Å²) in [6.07, 6.45) is 1.62. The van der Waals surface area contributed by atoms with Gasteiger partial charge in [0.1, 0.15) is 0 Å². The van der Waals surface area contributed by atoms with Crippen molar-refractivity contribution in [2.75, 3.05) is 33.2 Å². The van der Waals surface area contributed by atoms with Crippen LogP contribution in [0.4, 0.5) is 0 Å². The van der Waals surface area contributed by atoms with Crippen LogP contribution in [0.5, 0.6) is 0 Å². The van der Waals surface area contributed by atoms with Gasteiger partial charge in [-0.3, -0.25) is 14.5 Å². The lowest BCUT2D eigenvalue weighted by Crippen LogP contribution is -2.42. The number of benzene rings is 2. The number of rotatable bonds is 6. The molecule has 2 amide bonds. The van der Waals surface area contributed by atoms with Gasteiger partial charge in [-0.15, -0.1) is 0 Å². The lowest BCUT2D eigenvalue weighted by Gasteiger charge is -2.23. The molecule has 1 aliphatic rings. The molecule has 1 aliphatic heterocycles. The van der Waals surface area contributed by atoms with Gasteiger partial charge in [0.05, 0.1) is 19.1 Å². The fourth-order valence-corrected chi connectivity index (χ4v) is 3.41. The van der Waals surface area contributed by atoms with Gasteiger partial charge in [-0.05, 0) is 24.0 Å². The summed E-state index contributed by atoms with van der Waals surface area (Å²) in [6.45, 7) is 2.06. The van der Waals surface area contributed by atoms with Gasteiger partial charge in [0.2, 0.25) is 11.8 Å². The van der Waals surface area contributed by atoms with Crippen LogP contribution in [-0.2, 0) is 16.0 Å². The molecule has 27 heavy (non-hydrogen) atoms. The summed E-state index contributed by atoms with van der Waals surface area (Å²) in [7, 11) is 1.82. The standard InChI is InChI=1S/C22H27N3O2/c1-24-13-8-14-25(17-22(24)27)16-21(26)23-20(19-11-6-3-7-12-19)15-18-9-4-2-5-10-18/h2-7,9-12,20H,8,13-17H2,1H3,(H,23,26). The van der Waals surface area contributed by atoms with Gasteiger partial charge in [-0.25, -0.2) is 0 Å². The third kappa shape index (κ3) is 5.66. The normalized spacial score (nSPS) is 16.6. The lowest BCUT2D eigenvalue weighted by molar-refractivity contribution is -0.130. The van der Waals surface area contributed by atoms with Gasteiger partial charge in [0.15, 0.2) is 0 Å². The molecule has 1 atom stereocenters. The fraction of sp³-hybridized carbons (Fsp3) is 0.364. The summed E-state index contributed by atoms with van der Waals surface area (Å²) in [6, 6.07) is 20.1. The molecule has 1 unspecified atom stereocenters.